The highest BCUT2D eigenvalue weighted by atomic mass is 16.2. The van der Waals surface area contributed by atoms with E-state index in [4.69, 9.17) is 0 Å². The van der Waals surface area contributed by atoms with Crippen molar-refractivity contribution in [1.82, 2.24) is 15.3 Å². The minimum Gasteiger partial charge on any atom is -0.342 e. The third-order valence-corrected chi connectivity index (χ3v) is 2.00. The number of carbonyl (C=O) groups is 2. The average molecular weight is 207 g/mol. The minimum atomic E-state index is -0.470. The molecule has 1 heterocycles. The highest BCUT2D eigenvalue weighted by molar-refractivity contribution is 5.97. The van der Waals surface area contributed by atoms with Gasteiger partial charge in [-0.3, -0.25) is 9.59 Å². The first-order valence-electron chi connectivity index (χ1n) is 4.73. The first-order valence-corrected chi connectivity index (χ1v) is 4.73. The summed E-state index contributed by atoms with van der Waals surface area (Å²) < 4.78 is 0. The van der Waals surface area contributed by atoms with Crippen LogP contribution in [0, 0.1) is 0 Å². The van der Waals surface area contributed by atoms with Crippen molar-refractivity contribution in [3.8, 4) is 0 Å². The summed E-state index contributed by atoms with van der Waals surface area (Å²) in [6, 6.07) is -0.470. The van der Waals surface area contributed by atoms with Gasteiger partial charge in [-0.2, -0.15) is 0 Å². The van der Waals surface area contributed by atoms with Crippen molar-refractivity contribution in [3.63, 3.8) is 0 Å². The standard InChI is InChI=1S/C10H13N3O2/c1-3-9(14)7(2)13-10(15)8-4-11-6-12-5-8/h4-7H,3H2,1-2H3,(H,13,15). The van der Waals surface area contributed by atoms with Gasteiger partial charge in [-0.15, -0.1) is 0 Å². The lowest BCUT2D eigenvalue weighted by Gasteiger charge is -2.10. The number of carbonyl (C=O) groups excluding carboxylic acids is 2. The van der Waals surface area contributed by atoms with Gasteiger partial charge in [0.05, 0.1) is 11.6 Å². The third kappa shape index (κ3) is 3.12. The molecule has 1 rings (SSSR count). The second-order valence-electron chi connectivity index (χ2n) is 3.14. The van der Waals surface area contributed by atoms with Crippen LogP contribution in [0.4, 0.5) is 0 Å². The van der Waals surface area contributed by atoms with E-state index in [0.29, 0.717) is 12.0 Å². The Balaban J connectivity index is 2.61. The maximum atomic E-state index is 11.5. The summed E-state index contributed by atoms with van der Waals surface area (Å²) in [7, 11) is 0. The first-order chi connectivity index (χ1) is 7.15. The van der Waals surface area contributed by atoms with Gasteiger partial charge in [-0.05, 0) is 6.92 Å². The van der Waals surface area contributed by atoms with Crippen molar-refractivity contribution in [2.45, 2.75) is 26.3 Å². The van der Waals surface area contributed by atoms with Gasteiger partial charge in [0.25, 0.3) is 5.91 Å². The van der Waals surface area contributed by atoms with E-state index in [0.717, 1.165) is 0 Å². The molecule has 1 atom stereocenters. The molecule has 0 aromatic carbocycles. The molecular weight excluding hydrogens is 194 g/mol. The highest BCUT2D eigenvalue weighted by Crippen LogP contribution is 1.96. The van der Waals surface area contributed by atoms with E-state index in [1.165, 1.54) is 18.7 Å². The number of amides is 1. The van der Waals surface area contributed by atoms with Crippen LogP contribution >= 0.6 is 0 Å². The molecule has 0 bridgehead atoms. The summed E-state index contributed by atoms with van der Waals surface area (Å²) in [6.45, 7) is 3.42. The van der Waals surface area contributed by atoms with E-state index in [1.54, 1.807) is 13.8 Å². The van der Waals surface area contributed by atoms with Crippen molar-refractivity contribution in [3.05, 3.63) is 24.3 Å². The van der Waals surface area contributed by atoms with Gasteiger partial charge >= 0.3 is 0 Å². The van der Waals surface area contributed by atoms with Crippen molar-refractivity contribution in [1.29, 1.82) is 0 Å². The number of aromatic nitrogens is 2. The monoisotopic (exact) mass is 207 g/mol. The number of Topliss-reactive ketones (excluding diaryl/α,β-unsaturated/α-hetero) is 1. The van der Waals surface area contributed by atoms with Gasteiger partial charge in [-0.25, -0.2) is 9.97 Å². The van der Waals surface area contributed by atoms with Gasteiger partial charge in [0.15, 0.2) is 5.78 Å². The second-order valence-corrected chi connectivity index (χ2v) is 3.14. The molecule has 1 aromatic heterocycles. The molecule has 5 heteroatoms. The zero-order chi connectivity index (χ0) is 11.3. The van der Waals surface area contributed by atoms with Crippen LogP contribution in [0.2, 0.25) is 0 Å². The van der Waals surface area contributed by atoms with E-state index >= 15 is 0 Å². The predicted molar refractivity (Wildman–Crippen MR) is 54.3 cm³/mol. The molecule has 0 fully saturated rings. The molecule has 0 aliphatic carbocycles. The summed E-state index contributed by atoms with van der Waals surface area (Å²) in [5, 5.41) is 2.58. The van der Waals surface area contributed by atoms with Crippen molar-refractivity contribution in [2.75, 3.05) is 0 Å². The van der Waals surface area contributed by atoms with E-state index in [2.05, 4.69) is 15.3 Å². The topological polar surface area (TPSA) is 72.0 Å². The Kier molecular flexibility index (Phi) is 3.91. The molecule has 0 spiro atoms. The average Bonchev–Trinajstić information content (AvgIpc) is 2.29. The van der Waals surface area contributed by atoms with E-state index in [9.17, 15) is 9.59 Å². The Morgan fingerprint density at radius 3 is 2.53 bits per heavy atom. The molecule has 0 saturated heterocycles. The largest absolute Gasteiger partial charge is 0.342 e. The number of rotatable bonds is 4. The summed E-state index contributed by atoms with van der Waals surface area (Å²) in [5.74, 6) is -0.329. The maximum absolute atomic E-state index is 11.5. The van der Waals surface area contributed by atoms with Crippen LogP contribution in [-0.4, -0.2) is 27.7 Å². The fraction of sp³-hybridized carbons (Fsp3) is 0.400. The molecule has 1 unspecified atom stereocenters. The van der Waals surface area contributed by atoms with Crippen LogP contribution in [0.25, 0.3) is 0 Å². The van der Waals surface area contributed by atoms with Gasteiger partial charge in [-0.1, -0.05) is 6.92 Å². The first kappa shape index (κ1) is 11.3. The molecular formula is C10H13N3O2. The lowest BCUT2D eigenvalue weighted by atomic mass is 10.1. The number of ketones is 1. The van der Waals surface area contributed by atoms with E-state index in [-0.39, 0.29) is 11.7 Å². The molecule has 1 amide bonds. The third-order valence-electron chi connectivity index (χ3n) is 2.00. The Morgan fingerprint density at radius 2 is 2.00 bits per heavy atom. The number of nitrogens with one attached hydrogen (secondary N) is 1. The Hall–Kier alpha value is -1.78. The fourth-order valence-corrected chi connectivity index (χ4v) is 1.08. The molecule has 1 N–H and O–H groups in total. The maximum Gasteiger partial charge on any atom is 0.254 e. The van der Waals surface area contributed by atoms with Gasteiger partial charge in [0.1, 0.15) is 6.33 Å². The molecule has 0 saturated carbocycles. The fourth-order valence-electron chi connectivity index (χ4n) is 1.08. The molecule has 0 radical (unpaired) electrons. The number of hydrogen-bond acceptors (Lipinski definition) is 4. The number of hydrogen-bond donors (Lipinski definition) is 1. The van der Waals surface area contributed by atoms with Crippen LogP contribution in [-0.2, 0) is 4.79 Å². The zero-order valence-electron chi connectivity index (χ0n) is 8.73. The summed E-state index contributed by atoms with van der Waals surface area (Å²) in [5.41, 5.74) is 0.355. The minimum absolute atomic E-state index is 0.000185. The van der Waals surface area contributed by atoms with Crippen LogP contribution in [0.5, 0.6) is 0 Å². The summed E-state index contributed by atoms with van der Waals surface area (Å²) in [6.07, 6.45) is 4.57. The smallest absolute Gasteiger partial charge is 0.254 e. The summed E-state index contributed by atoms with van der Waals surface area (Å²) in [4.78, 5) is 30.2. The summed E-state index contributed by atoms with van der Waals surface area (Å²) >= 11 is 0. The zero-order valence-corrected chi connectivity index (χ0v) is 8.73. The Labute approximate surface area is 87.9 Å². The lowest BCUT2D eigenvalue weighted by molar-refractivity contribution is -0.120. The molecule has 80 valence electrons. The van der Waals surface area contributed by atoms with Crippen molar-refractivity contribution < 1.29 is 9.59 Å². The lowest BCUT2D eigenvalue weighted by Crippen LogP contribution is -2.38. The van der Waals surface area contributed by atoms with Gasteiger partial charge < -0.3 is 5.32 Å². The molecule has 0 aliphatic heterocycles. The molecule has 1 aromatic rings. The molecule has 5 nitrogen and oxygen atoms in total. The normalized spacial score (nSPS) is 11.9. The van der Waals surface area contributed by atoms with Gasteiger partial charge in [0, 0.05) is 18.8 Å². The number of nitrogens with zero attached hydrogens (tertiary/aromatic N) is 2. The molecule has 15 heavy (non-hydrogen) atoms. The highest BCUT2D eigenvalue weighted by Gasteiger charge is 2.14. The van der Waals surface area contributed by atoms with Crippen LogP contribution in [0.1, 0.15) is 30.6 Å². The quantitative estimate of drug-likeness (QED) is 0.783. The van der Waals surface area contributed by atoms with E-state index in [1.807, 2.05) is 0 Å². The second kappa shape index (κ2) is 5.19. The Bertz CT molecular complexity index is 351. The van der Waals surface area contributed by atoms with Crippen LogP contribution in [0.3, 0.4) is 0 Å². The van der Waals surface area contributed by atoms with E-state index < -0.39 is 6.04 Å². The predicted octanol–water partition coefficient (Wildman–Crippen LogP) is 0.574. The van der Waals surface area contributed by atoms with Crippen molar-refractivity contribution in [2.24, 2.45) is 0 Å². The SMILES string of the molecule is CCC(=O)C(C)NC(=O)c1cncnc1. The van der Waals surface area contributed by atoms with Crippen LogP contribution in [0.15, 0.2) is 18.7 Å². The molecule has 0 aliphatic rings. The van der Waals surface area contributed by atoms with Gasteiger partial charge in [0.2, 0.25) is 0 Å². The van der Waals surface area contributed by atoms with Crippen LogP contribution < -0.4 is 5.32 Å². The van der Waals surface area contributed by atoms with Crippen molar-refractivity contribution >= 4 is 11.7 Å². The Morgan fingerprint density at radius 1 is 1.40 bits per heavy atom.